The molecule has 8 heteroatoms. The second kappa shape index (κ2) is 22.6. The Kier molecular flexibility index (Phi) is 17.4. The van der Waals surface area contributed by atoms with E-state index in [2.05, 4.69) is 141 Å². The quantitative estimate of drug-likeness (QED) is 0.138. The Morgan fingerprint density at radius 3 is 1.02 bits per heavy atom. The third kappa shape index (κ3) is 11.6. The molecular formula is C45H60Cl2N4P2. The van der Waals surface area contributed by atoms with E-state index in [1.807, 2.05) is 0 Å². The lowest BCUT2D eigenvalue weighted by molar-refractivity contribution is 0.136. The summed E-state index contributed by atoms with van der Waals surface area (Å²) in [6.07, 6.45) is 16.3. The highest BCUT2D eigenvalue weighted by atomic mass is 35.5. The van der Waals surface area contributed by atoms with E-state index in [1.165, 1.54) is 124 Å². The van der Waals surface area contributed by atoms with Crippen molar-refractivity contribution in [3.05, 3.63) is 121 Å². The van der Waals surface area contributed by atoms with Gasteiger partial charge in [0.2, 0.25) is 0 Å². The molecule has 4 atom stereocenters. The van der Waals surface area contributed by atoms with E-state index < -0.39 is 16.1 Å². The molecule has 0 radical (unpaired) electrons. The molecule has 4 aliphatic heterocycles. The van der Waals surface area contributed by atoms with Gasteiger partial charge in [0.05, 0.1) is 5.34 Å². The minimum Gasteiger partial charge on any atom is -0.312 e. The highest BCUT2D eigenvalue weighted by Crippen LogP contribution is 2.50. The van der Waals surface area contributed by atoms with Crippen molar-refractivity contribution in [2.45, 2.75) is 101 Å². The molecule has 4 heterocycles. The fourth-order valence-electron chi connectivity index (χ4n) is 8.78. The number of benzene rings is 4. The van der Waals surface area contributed by atoms with Crippen molar-refractivity contribution in [3.8, 4) is 0 Å². The van der Waals surface area contributed by atoms with E-state index in [1.54, 1.807) is 0 Å². The number of nitrogens with one attached hydrogen (secondary N) is 2. The summed E-state index contributed by atoms with van der Waals surface area (Å²) >= 11 is 9.53. The third-order valence-corrected chi connectivity index (χ3v) is 16.4. The van der Waals surface area contributed by atoms with Gasteiger partial charge >= 0.3 is 0 Å². The molecule has 4 fully saturated rings. The summed E-state index contributed by atoms with van der Waals surface area (Å²) in [6, 6.07) is 48.1. The number of piperidine rings is 4. The van der Waals surface area contributed by atoms with Crippen molar-refractivity contribution in [2.75, 3.05) is 31.5 Å². The lowest BCUT2D eigenvalue weighted by Gasteiger charge is -2.51. The van der Waals surface area contributed by atoms with Crippen molar-refractivity contribution in [2.24, 2.45) is 0 Å². The second-order valence-corrected chi connectivity index (χ2v) is 19.8. The molecule has 4 aromatic carbocycles. The van der Waals surface area contributed by atoms with Crippen LogP contribution in [0.5, 0.6) is 0 Å². The van der Waals surface area contributed by atoms with Gasteiger partial charge < -0.3 is 10.6 Å². The van der Waals surface area contributed by atoms with Crippen LogP contribution in [0.15, 0.2) is 121 Å². The lowest BCUT2D eigenvalue weighted by Crippen LogP contribution is -2.54. The molecule has 0 aromatic heterocycles. The summed E-state index contributed by atoms with van der Waals surface area (Å²) in [7, 11) is -1.13. The number of halogens is 2. The van der Waals surface area contributed by atoms with Crippen molar-refractivity contribution in [1.82, 2.24) is 20.0 Å². The van der Waals surface area contributed by atoms with E-state index in [9.17, 15) is 0 Å². The molecule has 0 amide bonds. The van der Waals surface area contributed by atoms with Crippen LogP contribution in [0, 0.1) is 0 Å². The molecule has 4 unspecified atom stereocenters. The maximum absolute atomic E-state index is 4.76. The molecule has 4 saturated heterocycles. The van der Waals surface area contributed by atoms with Crippen LogP contribution in [-0.2, 0) is 0 Å². The van der Waals surface area contributed by atoms with Gasteiger partial charge in [-0.1, -0.05) is 147 Å². The highest BCUT2D eigenvalue weighted by Gasteiger charge is 2.41. The van der Waals surface area contributed by atoms with E-state index in [-0.39, 0.29) is 5.34 Å². The third-order valence-electron chi connectivity index (χ3n) is 11.2. The van der Waals surface area contributed by atoms with Crippen LogP contribution in [0.2, 0.25) is 0 Å². The molecule has 284 valence electrons. The first-order valence-electron chi connectivity index (χ1n) is 20.2. The summed E-state index contributed by atoms with van der Waals surface area (Å²) in [4.78, 5) is 0. The fraction of sp³-hybridized carbons (Fsp3) is 0.467. The van der Waals surface area contributed by atoms with Crippen LogP contribution < -0.4 is 31.9 Å². The summed E-state index contributed by atoms with van der Waals surface area (Å²) in [5, 5.41) is 13.4. The van der Waals surface area contributed by atoms with E-state index in [0.717, 1.165) is 12.1 Å². The topological polar surface area (TPSA) is 30.5 Å². The average Bonchev–Trinajstić information content (AvgIpc) is 3.24. The molecule has 0 spiro atoms. The van der Waals surface area contributed by atoms with Crippen LogP contribution in [-0.4, -0.2) is 65.0 Å². The Bertz CT molecular complexity index is 1350. The Labute approximate surface area is 333 Å². The summed E-state index contributed by atoms with van der Waals surface area (Å²) in [5.74, 6) is 0. The highest BCUT2D eigenvalue weighted by molar-refractivity contribution is 7.71. The number of alkyl halides is 2. The Balaban J connectivity index is 0.000000267. The maximum atomic E-state index is 4.76. The smallest absolute Gasteiger partial charge is 0.0967 e. The Hall–Kier alpha value is -1.84. The molecule has 0 bridgehead atoms. The van der Waals surface area contributed by atoms with Gasteiger partial charge in [-0.3, -0.25) is 9.34 Å². The van der Waals surface area contributed by atoms with Crippen LogP contribution >= 0.6 is 39.3 Å². The molecule has 0 saturated carbocycles. The maximum Gasteiger partial charge on any atom is 0.0967 e. The molecule has 53 heavy (non-hydrogen) atoms. The minimum absolute atomic E-state index is 0.194. The van der Waals surface area contributed by atoms with Gasteiger partial charge in [0, 0.05) is 53.4 Å². The fourth-order valence-corrected chi connectivity index (χ4v) is 14.2. The predicted molar refractivity (Wildman–Crippen MR) is 235 cm³/mol. The molecule has 8 rings (SSSR count). The standard InChI is InChI=1S/C34H38N2P2.C10H20N2.CH2Cl2/c1-5-17-29(18-6-1)37(30-19-7-2-8-20-30)35-27-15-13-25-33(35)34-26-14-16-28-36(34)38(31-21-9-3-10-22-31)32-23-11-4-12-24-32;1-3-7-11-9(5-1)10-6-2-4-8-12-10;2-1-3/h1-12,17-24,33-34H,13-16,25-28H2;9-12H,1-8H2;1H2. The summed E-state index contributed by atoms with van der Waals surface area (Å²) in [5.41, 5.74) is 0. The molecule has 4 aromatic rings. The summed E-state index contributed by atoms with van der Waals surface area (Å²) in [6.45, 7) is 4.86. The van der Waals surface area contributed by atoms with Crippen molar-refractivity contribution >= 4 is 60.6 Å². The molecule has 4 nitrogen and oxygen atoms in total. The van der Waals surface area contributed by atoms with Crippen LogP contribution in [0.4, 0.5) is 0 Å². The van der Waals surface area contributed by atoms with Gasteiger partial charge in [0.25, 0.3) is 0 Å². The van der Waals surface area contributed by atoms with Gasteiger partial charge in [-0.25, -0.2) is 0 Å². The predicted octanol–water partition coefficient (Wildman–Crippen LogP) is 9.48. The van der Waals surface area contributed by atoms with E-state index in [0.29, 0.717) is 12.1 Å². The van der Waals surface area contributed by atoms with Crippen molar-refractivity contribution < 1.29 is 0 Å². The van der Waals surface area contributed by atoms with Crippen molar-refractivity contribution in [3.63, 3.8) is 0 Å². The van der Waals surface area contributed by atoms with Crippen LogP contribution in [0.1, 0.15) is 77.0 Å². The number of rotatable bonds is 8. The largest absolute Gasteiger partial charge is 0.312 e. The Morgan fingerprint density at radius 1 is 0.434 bits per heavy atom. The van der Waals surface area contributed by atoms with Gasteiger partial charge in [0.1, 0.15) is 0 Å². The number of hydrogen-bond donors (Lipinski definition) is 2. The first kappa shape index (κ1) is 40.8. The van der Waals surface area contributed by atoms with Gasteiger partial charge in [0.15, 0.2) is 0 Å². The van der Waals surface area contributed by atoms with Gasteiger partial charge in [-0.15, -0.1) is 23.2 Å². The Morgan fingerprint density at radius 2 is 0.736 bits per heavy atom. The van der Waals surface area contributed by atoms with Crippen molar-refractivity contribution in [1.29, 1.82) is 0 Å². The van der Waals surface area contributed by atoms with E-state index >= 15 is 0 Å². The monoisotopic (exact) mass is 788 g/mol. The normalized spacial score (nSPS) is 24.1. The molecule has 2 N–H and O–H groups in total. The van der Waals surface area contributed by atoms with Gasteiger partial charge in [-0.05, 0) is 85.7 Å². The minimum atomic E-state index is -0.566. The van der Waals surface area contributed by atoms with Gasteiger partial charge in [-0.2, -0.15) is 0 Å². The summed E-state index contributed by atoms with van der Waals surface area (Å²) < 4.78 is 5.91. The molecule has 4 aliphatic rings. The zero-order chi connectivity index (χ0) is 36.5. The molecular weight excluding hydrogens is 729 g/mol. The number of hydrogen-bond acceptors (Lipinski definition) is 4. The van der Waals surface area contributed by atoms with E-state index in [4.69, 9.17) is 23.2 Å². The zero-order valence-electron chi connectivity index (χ0n) is 31.4. The van der Waals surface area contributed by atoms with Crippen LogP contribution in [0.3, 0.4) is 0 Å². The average molecular weight is 790 g/mol. The molecule has 0 aliphatic carbocycles. The number of nitrogens with zero attached hydrogens (tertiary/aromatic N) is 2. The lowest BCUT2D eigenvalue weighted by atomic mass is 9.92. The zero-order valence-corrected chi connectivity index (χ0v) is 34.7. The van der Waals surface area contributed by atoms with Crippen LogP contribution in [0.25, 0.3) is 0 Å². The SMILES string of the molecule is C1CCC(C2CCCCN2)NC1.ClCCl.c1ccc(P(c2ccccc2)N2CCCCC2C2CCCCN2P(c2ccccc2)c2ccccc2)cc1. The first-order valence-corrected chi connectivity index (χ1v) is 23.9. The second-order valence-electron chi connectivity index (χ2n) is 14.6. The first-order chi connectivity index (χ1) is 26.3.